The summed E-state index contributed by atoms with van der Waals surface area (Å²) in [5.74, 6) is 2.96. The Balaban J connectivity index is 1.16. The van der Waals surface area contributed by atoms with Crippen molar-refractivity contribution in [3.8, 4) is 23.3 Å². The van der Waals surface area contributed by atoms with Gasteiger partial charge in [-0.15, -0.1) is 0 Å². The molecule has 2 saturated heterocycles. The maximum atomic E-state index is 13.1. The van der Waals surface area contributed by atoms with Crippen LogP contribution in [0.4, 0.5) is 4.79 Å². The first kappa shape index (κ1) is 26.8. The molecule has 0 saturated carbocycles. The van der Waals surface area contributed by atoms with Gasteiger partial charge in [-0.1, -0.05) is 0 Å². The second-order valence-electron chi connectivity index (χ2n) is 10.7. The Labute approximate surface area is 228 Å². The van der Waals surface area contributed by atoms with Crippen LogP contribution in [0.3, 0.4) is 0 Å². The molecule has 2 fully saturated rings. The highest BCUT2D eigenvalue weighted by Gasteiger charge is 2.36. The van der Waals surface area contributed by atoms with Crippen LogP contribution in [0.2, 0.25) is 0 Å². The van der Waals surface area contributed by atoms with E-state index in [4.69, 9.17) is 25.2 Å². The summed E-state index contributed by atoms with van der Waals surface area (Å²) in [7, 11) is 1.70. The number of nitrogens with two attached hydrogens (primary N) is 1. The lowest BCUT2D eigenvalue weighted by Crippen LogP contribution is -2.57. The number of ketones is 1. The Kier molecular flexibility index (Phi) is 8.19. The SMILES string of the molecule is CN(C(N)=O)C(COc1ccc(C#N)cc1)CN1CC2CC(CN(CC(=O)c3ccc4c(c3)OCCO4)C2)C1. The highest BCUT2D eigenvalue weighted by Crippen LogP contribution is 2.32. The minimum atomic E-state index is -0.496. The molecular formula is C29H35N5O5. The second-order valence-corrected chi connectivity index (χ2v) is 10.7. The highest BCUT2D eigenvalue weighted by molar-refractivity contribution is 5.98. The number of carbonyl (C=O) groups is 2. The second kappa shape index (κ2) is 11.9. The van der Waals surface area contributed by atoms with Crippen molar-refractivity contribution in [3.05, 3.63) is 53.6 Å². The van der Waals surface area contributed by atoms with Crippen LogP contribution in [0.5, 0.6) is 17.2 Å². The molecule has 39 heavy (non-hydrogen) atoms. The van der Waals surface area contributed by atoms with Crippen molar-refractivity contribution in [2.24, 2.45) is 17.6 Å². The summed E-state index contributed by atoms with van der Waals surface area (Å²) >= 11 is 0. The third-order valence-corrected chi connectivity index (χ3v) is 7.75. The molecule has 2 bridgehead atoms. The zero-order valence-electron chi connectivity index (χ0n) is 22.3. The van der Waals surface area contributed by atoms with Gasteiger partial charge in [0.2, 0.25) is 0 Å². The van der Waals surface area contributed by atoms with Crippen LogP contribution in [0.15, 0.2) is 42.5 Å². The lowest BCUT2D eigenvalue weighted by atomic mass is 9.84. The quantitative estimate of drug-likeness (QED) is 0.487. The first-order chi connectivity index (χ1) is 18.9. The first-order valence-corrected chi connectivity index (χ1v) is 13.4. The Bertz CT molecular complexity index is 1220. The van der Waals surface area contributed by atoms with Crippen LogP contribution in [0.25, 0.3) is 0 Å². The van der Waals surface area contributed by atoms with Gasteiger partial charge in [0.25, 0.3) is 0 Å². The van der Waals surface area contributed by atoms with Gasteiger partial charge in [0.05, 0.1) is 24.2 Å². The van der Waals surface area contributed by atoms with Crippen molar-refractivity contribution in [3.63, 3.8) is 0 Å². The predicted octanol–water partition coefficient (Wildman–Crippen LogP) is 2.22. The predicted molar refractivity (Wildman–Crippen MR) is 144 cm³/mol. The number of likely N-dealkylation sites (tertiary alicyclic amines) is 2. The van der Waals surface area contributed by atoms with E-state index < -0.39 is 6.03 Å². The van der Waals surface area contributed by atoms with E-state index in [-0.39, 0.29) is 11.8 Å². The van der Waals surface area contributed by atoms with Crippen LogP contribution in [0.1, 0.15) is 22.3 Å². The number of piperidine rings is 2. The number of Topliss-reactive ketones (excluding diaryl/α,β-unsaturated/α-hetero) is 1. The number of hydrogen-bond donors (Lipinski definition) is 1. The van der Waals surface area contributed by atoms with Gasteiger partial charge in [0.15, 0.2) is 17.3 Å². The molecule has 2 N–H and O–H groups in total. The number of nitrogens with zero attached hydrogens (tertiary/aromatic N) is 4. The van der Waals surface area contributed by atoms with Crippen molar-refractivity contribution >= 4 is 11.8 Å². The number of hydrogen-bond acceptors (Lipinski definition) is 8. The lowest BCUT2D eigenvalue weighted by molar-refractivity contribution is 0.0185. The van der Waals surface area contributed by atoms with E-state index in [0.717, 1.165) is 32.6 Å². The number of amides is 2. The number of urea groups is 1. The number of ether oxygens (including phenoxy) is 3. The molecule has 3 atom stereocenters. The number of benzene rings is 2. The molecule has 5 rings (SSSR count). The molecule has 3 aliphatic rings. The van der Waals surface area contributed by atoms with E-state index in [9.17, 15) is 9.59 Å². The molecule has 3 heterocycles. The molecule has 0 spiro atoms. The summed E-state index contributed by atoms with van der Waals surface area (Å²) in [6, 6.07) is 13.7. The van der Waals surface area contributed by atoms with E-state index in [1.807, 2.05) is 12.1 Å². The van der Waals surface area contributed by atoms with E-state index in [2.05, 4.69) is 15.9 Å². The fourth-order valence-corrected chi connectivity index (χ4v) is 5.87. The van der Waals surface area contributed by atoms with Gasteiger partial charge < -0.3 is 29.7 Å². The minimum absolute atomic E-state index is 0.0897. The number of likely N-dealkylation sites (N-methyl/N-ethyl adjacent to an activating group) is 1. The van der Waals surface area contributed by atoms with Crippen molar-refractivity contribution in [2.45, 2.75) is 12.5 Å². The van der Waals surface area contributed by atoms with E-state index in [1.165, 1.54) is 4.90 Å². The Morgan fingerprint density at radius 3 is 2.38 bits per heavy atom. The number of nitriles is 1. The van der Waals surface area contributed by atoms with Gasteiger partial charge in [-0.3, -0.25) is 9.69 Å². The summed E-state index contributed by atoms with van der Waals surface area (Å²) in [4.78, 5) is 31.3. The standard InChI is InChI=1S/C29H35N5O5/c1-32(29(31)36)24(19-39-25-5-2-20(12-30)3-6-25)17-33-13-21-10-22(14-33)16-34(15-21)18-26(35)23-4-7-27-28(11-23)38-9-8-37-27/h2-7,11,21-22,24H,8-10,13-19H2,1H3,(H2,31,36). The van der Waals surface area contributed by atoms with E-state index >= 15 is 0 Å². The molecule has 3 unspecified atom stereocenters. The van der Waals surface area contributed by atoms with Crippen LogP contribution in [-0.4, -0.2) is 98.7 Å². The molecule has 2 aromatic rings. The summed E-state index contributed by atoms with van der Waals surface area (Å²) in [6.07, 6.45) is 1.14. The monoisotopic (exact) mass is 533 g/mol. The van der Waals surface area contributed by atoms with Crippen molar-refractivity contribution in [1.82, 2.24) is 14.7 Å². The Hall–Kier alpha value is -3.81. The molecule has 0 radical (unpaired) electrons. The van der Waals surface area contributed by atoms with Gasteiger partial charge in [0, 0.05) is 45.3 Å². The van der Waals surface area contributed by atoms with Crippen molar-refractivity contribution in [2.75, 3.05) is 66.1 Å². The van der Waals surface area contributed by atoms with Crippen LogP contribution in [0, 0.1) is 23.2 Å². The number of carbonyl (C=O) groups excluding carboxylic acids is 2. The summed E-state index contributed by atoms with van der Waals surface area (Å²) in [5.41, 5.74) is 6.83. The molecule has 10 nitrogen and oxygen atoms in total. The molecular weight excluding hydrogens is 498 g/mol. The molecule has 0 aliphatic carbocycles. The maximum Gasteiger partial charge on any atom is 0.314 e. The largest absolute Gasteiger partial charge is 0.491 e. The average Bonchev–Trinajstić information content (AvgIpc) is 2.94. The molecule has 3 aliphatic heterocycles. The van der Waals surface area contributed by atoms with Gasteiger partial charge >= 0.3 is 6.03 Å². The van der Waals surface area contributed by atoms with Crippen molar-refractivity contribution in [1.29, 1.82) is 5.26 Å². The summed E-state index contributed by atoms with van der Waals surface area (Å²) in [5, 5.41) is 9.00. The molecule has 2 amide bonds. The molecule has 10 heteroatoms. The number of fused-ring (bicyclic) bond motifs is 3. The normalized spacial score (nSPS) is 21.4. The van der Waals surface area contributed by atoms with Gasteiger partial charge in [0.1, 0.15) is 25.6 Å². The maximum absolute atomic E-state index is 13.1. The number of rotatable bonds is 9. The molecule has 2 aromatic carbocycles. The highest BCUT2D eigenvalue weighted by atomic mass is 16.6. The topological polar surface area (TPSA) is 121 Å². The first-order valence-electron chi connectivity index (χ1n) is 13.4. The van der Waals surface area contributed by atoms with Crippen LogP contribution < -0.4 is 19.9 Å². The average molecular weight is 534 g/mol. The fraction of sp³-hybridized carbons (Fsp3) is 0.483. The third-order valence-electron chi connectivity index (χ3n) is 7.75. The van der Waals surface area contributed by atoms with Gasteiger partial charge in [-0.25, -0.2) is 4.79 Å². The van der Waals surface area contributed by atoms with E-state index in [1.54, 1.807) is 37.4 Å². The van der Waals surface area contributed by atoms with E-state index in [0.29, 0.717) is 73.1 Å². The van der Waals surface area contributed by atoms with Gasteiger partial charge in [-0.2, -0.15) is 5.26 Å². The fourth-order valence-electron chi connectivity index (χ4n) is 5.87. The smallest absolute Gasteiger partial charge is 0.314 e. The third kappa shape index (κ3) is 6.61. The Morgan fingerprint density at radius 2 is 1.72 bits per heavy atom. The zero-order chi connectivity index (χ0) is 27.4. The molecule has 0 aromatic heterocycles. The van der Waals surface area contributed by atoms with Crippen LogP contribution in [-0.2, 0) is 0 Å². The van der Waals surface area contributed by atoms with Crippen molar-refractivity contribution < 1.29 is 23.8 Å². The summed E-state index contributed by atoms with van der Waals surface area (Å²) in [6.45, 7) is 5.87. The Morgan fingerprint density at radius 1 is 1.05 bits per heavy atom. The molecule has 206 valence electrons. The lowest BCUT2D eigenvalue weighted by Gasteiger charge is -2.46. The summed E-state index contributed by atoms with van der Waals surface area (Å²) < 4.78 is 17.2. The minimum Gasteiger partial charge on any atom is -0.491 e. The van der Waals surface area contributed by atoms with Gasteiger partial charge in [-0.05, 0) is 60.7 Å². The van der Waals surface area contributed by atoms with Crippen LogP contribution >= 0.6 is 0 Å². The number of primary amides is 1. The zero-order valence-corrected chi connectivity index (χ0v) is 22.3.